The van der Waals surface area contributed by atoms with Crippen LogP contribution in [0.3, 0.4) is 0 Å². The summed E-state index contributed by atoms with van der Waals surface area (Å²) in [5, 5.41) is 3.63. The van der Waals surface area contributed by atoms with E-state index >= 15 is 0 Å². The SMILES string of the molecule is COc1ccc(Cl)cc1NC1=C(c2ccc(C)cc2C)C(=O)N(CC(C)C)C1=O. The first-order valence-electron chi connectivity index (χ1n) is 9.51. The summed E-state index contributed by atoms with van der Waals surface area (Å²) >= 11 is 6.14. The molecule has 152 valence electrons. The Morgan fingerprint density at radius 1 is 1.07 bits per heavy atom. The van der Waals surface area contributed by atoms with E-state index in [0.29, 0.717) is 28.6 Å². The maximum Gasteiger partial charge on any atom is 0.278 e. The number of halogens is 1. The van der Waals surface area contributed by atoms with E-state index in [4.69, 9.17) is 16.3 Å². The molecule has 5 nitrogen and oxygen atoms in total. The Balaban J connectivity index is 2.16. The van der Waals surface area contributed by atoms with Crippen molar-refractivity contribution < 1.29 is 14.3 Å². The summed E-state index contributed by atoms with van der Waals surface area (Å²) in [5.41, 5.74) is 3.91. The van der Waals surface area contributed by atoms with Crippen LogP contribution in [0.15, 0.2) is 42.1 Å². The third-order valence-corrected chi connectivity index (χ3v) is 5.02. The van der Waals surface area contributed by atoms with Gasteiger partial charge in [-0.05, 0) is 49.1 Å². The molecule has 1 aliphatic rings. The van der Waals surface area contributed by atoms with Crippen LogP contribution in [-0.4, -0.2) is 30.4 Å². The number of aryl methyl sites for hydroxylation is 2. The molecule has 2 aromatic rings. The molecule has 0 aromatic heterocycles. The quantitative estimate of drug-likeness (QED) is 0.691. The van der Waals surface area contributed by atoms with E-state index in [1.165, 1.54) is 4.90 Å². The highest BCUT2D eigenvalue weighted by Crippen LogP contribution is 2.36. The van der Waals surface area contributed by atoms with E-state index in [1.807, 2.05) is 45.9 Å². The Hall–Kier alpha value is -2.79. The Labute approximate surface area is 176 Å². The van der Waals surface area contributed by atoms with Crippen LogP contribution in [-0.2, 0) is 9.59 Å². The van der Waals surface area contributed by atoms with Gasteiger partial charge in [0.2, 0.25) is 0 Å². The molecular formula is C23H25ClN2O3. The minimum atomic E-state index is -0.347. The van der Waals surface area contributed by atoms with Crippen molar-refractivity contribution in [2.45, 2.75) is 27.7 Å². The molecule has 6 heteroatoms. The second-order valence-electron chi connectivity index (χ2n) is 7.65. The smallest absolute Gasteiger partial charge is 0.278 e. The zero-order valence-electron chi connectivity index (χ0n) is 17.3. The van der Waals surface area contributed by atoms with Gasteiger partial charge in [-0.2, -0.15) is 0 Å². The molecular weight excluding hydrogens is 388 g/mol. The number of amides is 2. The van der Waals surface area contributed by atoms with Gasteiger partial charge in [-0.25, -0.2) is 0 Å². The van der Waals surface area contributed by atoms with Crippen molar-refractivity contribution in [3.05, 3.63) is 63.8 Å². The lowest BCUT2D eigenvalue weighted by atomic mass is 9.97. The Kier molecular flexibility index (Phi) is 5.99. The van der Waals surface area contributed by atoms with E-state index in [1.54, 1.807) is 25.3 Å². The molecule has 1 N–H and O–H groups in total. The number of hydrogen-bond donors (Lipinski definition) is 1. The molecule has 1 aliphatic heterocycles. The van der Waals surface area contributed by atoms with Gasteiger partial charge in [-0.3, -0.25) is 14.5 Å². The van der Waals surface area contributed by atoms with Gasteiger partial charge in [-0.1, -0.05) is 49.2 Å². The zero-order chi connectivity index (χ0) is 21.3. The number of nitrogens with one attached hydrogen (secondary N) is 1. The van der Waals surface area contributed by atoms with Crippen molar-refractivity contribution in [2.75, 3.05) is 19.0 Å². The normalized spacial score (nSPS) is 14.2. The van der Waals surface area contributed by atoms with Crippen LogP contribution in [0.4, 0.5) is 5.69 Å². The lowest BCUT2D eigenvalue weighted by Crippen LogP contribution is -2.35. The van der Waals surface area contributed by atoms with Crippen molar-refractivity contribution in [3.8, 4) is 5.75 Å². The van der Waals surface area contributed by atoms with Crippen LogP contribution in [0.25, 0.3) is 5.57 Å². The zero-order valence-corrected chi connectivity index (χ0v) is 18.1. The molecule has 0 bridgehead atoms. The topological polar surface area (TPSA) is 58.6 Å². The molecule has 0 atom stereocenters. The van der Waals surface area contributed by atoms with Crippen molar-refractivity contribution >= 4 is 34.7 Å². The monoisotopic (exact) mass is 412 g/mol. The molecule has 2 amide bonds. The van der Waals surface area contributed by atoms with Crippen LogP contribution >= 0.6 is 11.6 Å². The average Bonchev–Trinajstić information content (AvgIpc) is 2.86. The summed E-state index contributed by atoms with van der Waals surface area (Å²) in [6, 6.07) is 10.9. The Morgan fingerprint density at radius 3 is 2.41 bits per heavy atom. The summed E-state index contributed by atoms with van der Waals surface area (Å²) in [4.78, 5) is 27.8. The van der Waals surface area contributed by atoms with Crippen molar-refractivity contribution in [1.82, 2.24) is 4.90 Å². The Morgan fingerprint density at radius 2 is 1.79 bits per heavy atom. The summed E-state index contributed by atoms with van der Waals surface area (Å²) < 4.78 is 5.39. The van der Waals surface area contributed by atoms with Gasteiger partial charge in [0.15, 0.2) is 0 Å². The molecule has 0 fully saturated rings. The number of benzene rings is 2. The highest BCUT2D eigenvalue weighted by atomic mass is 35.5. The van der Waals surface area contributed by atoms with Crippen molar-refractivity contribution in [3.63, 3.8) is 0 Å². The van der Waals surface area contributed by atoms with Gasteiger partial charge in [-0.15, -0.1) is 0 Å². The highest BCUT2D eigenvalue weighted by molar-refractivity contribution is 6.37. The van der Waals surface area contributed by atoms with Crippen LogP contribution in [0.5, 0.6) is 5.75 Å². The third-order valence-electron chi connectivity index (χ3n) is 4.79. The molecule has 1 heterocycles. The fraction of sp³-hybridized carbons (Fsp3) is 0.304. The van der Waals surface area contributed by atoms with E-state index in [9.17, 15) is 9.59 Å². The molecule has 0 unspecified atom stereocenters. The van der Waals surface area contributed by atoms with Crippen LogP contribution < -0.4 is 10.1 Å². The molecule has 3 rings (SSSR count). The number of rotatable bonds is 6. The number of anilines is 1. The number of carbonyl (C=O) groups is 2. The second kappa shape index (κ2) is 8.29. The number of nitrogens with zero attached hydrogens (tertiary/aromatic N) is 1. The van der Waals surface area contributed by atoms with E-state index in [-0.39, 0.29) is 23.4 Å². The van der Waals surface area contributed by atoms with Crippen LogP contribution in [0.1, 0.15) is 30.5 Å². The standard InChI is InChI=1S/C23H25ClN2O3/c1-13(2)12-26-22(27)20(17-8-6-14(3)10-15(17)4)21(23(26)28)25-18-11-16(24)7-9-19(18)29-5/h6-11,13,25H,12H2,1-5H3. The van der Waals surface area contributed by atoms with Crippen molar-refractivity contribution in [2.24, 2.45) is 5.92 Å². The Bertz CT molecular complexity index is 1010. The number of hydrogen-bond acceptors (Lipinski definition) is 4. The van der Waals surface area contributed by atoms with E-state index in [2.05, 4.69) is 5.32 Å². The number of imide groups is 1. The molecule has 2 aromatic carbocycles. The minimum absolute atomic E-state index is 0.156. The molecule has 0 saturated heterocycles. The lowest BCUT2D eigenvalue weighted by molar-refractivity contribution is -0.137. The average molecular weight is 413 g/mol. The summed E-state index contributed by atoms with van der Waals surface area (Å²) in [5.74, 6) is 0.0487. The predicted octanol–water partition coefficient (Wildman–Crippen LogP) is 4.81. The van der Waals surface area contributed by atoms with Gasteiger partial charge in [0.25, 0.3) is 11.8 Å². The number of ether oxygens (including phenoxy) is 1. The van der Waals surface area contributed by atoms with Gasteiger partial charge >= 0.3 is 0 Å². The summed E-state index contributed by atoms with van der Waals surface area (Å²) in [7, 11) is 1.54. The van der Waals surface area contributed by atoms with Gasteiger partial charge in [0.05, 0.1) is 18.4 Å². The van der Waals surface area contributed by atoms with Gasteiger partial charge < -0.3 is 10.1 Å². The first-order chi connectivity index (χ1) is 13.7. The first-order valence-corrected chi connectivity index (χ1v) is 9.89. The molecule has 0 radical (unpaired) electrons. The van der Waals surface area contributed by atoms with Crippen molar-refractivity contribution in [1.29, 1.82) is 0 Å². The van der Waals surface area contributed by atoms with Gasteiger partial charge in [0, 0.05) is 11.6 Å². The second-order valence-corrected chi connectivity index (χ2v) is 8.09. The molecule has 0 aliphatic carbocycles. The largest absolute Gasteiger partial charge is 0.495 e. The lowest BCUT2D eigenvalue weighted by Gasteiger charge is -2.18. The van der Waals surface area contributed by atoms with Gasteiger partial charge in [0.1, 0.15) is 11.4 Å². The maximum atomic E-state index is 13.3. The first kappa shape index (κ1) is 20.9. The summed E-state index contributed by atoms with van der Waals surface area (Å²) in [6.45, 7) is 8.24. The fourth-order valence-corrected chi connectivity index (χ4v) is 3.65. The summed E-state index contributed by atoms with van der Waals surface area (Å²) in [6.07, 6.45) is 0. The molecule has 0 saturated carbocycles. The maximum absolute atomic E-state index is 13.3. The molecule has 0 spiro atoms. The number of carbonyl (C=O) groups excluding carboxylic acids is 2. The minimum Gasteiger partial charge on any atom is -0.495 e. The van der Waals surface area contributed by atoms with E-state index < -0.39 is 0 Å². The predicted molar refractivity (Wildman–Crippen MR) is 116 cm³/mol. The highest BCUT2D eigenvalue weighted by Gasteiger charge is 2.40. The fourth-order valence-electron chi connectivity index (χ4n) is 3.48. The molecule has 29 heavy (non-hydrogen) atoms. The third kappa shape index (κ3) is 4.15. The van der Waals surface area contributed by atoms with Crippen LogP contribution in [0, 0.1) is 19.8 Å². The van der Waals surface area contributed by atoms with E-state index in [0.717, 1.165) is 16.7 Å². The number of methoxy groups -OCH3 is 1. The van der Waals surface area contributed by atoms with Crippen LogP contribution in [0.2, 0.25) is 5.02 Å².